The van der Waals surface area contributed by atoms with Crippen LogP contribution < -0.4 is 14.8 Å². The number of nitrogens with zero attached hydrogens (tertiary/aromatic N) is 1. The van der Waals surface area contributed by atoms with Crippen molar-refractivity contribution in [3.8, 4) is 11.5 Å². The highest BCUT2D eigenvalue weighted by Crippen LogP contribution is 2.38. The zero-order valence-electron chi connectivity index (χ0n) is 15.3. The summed E-state index contributed by atoms with van der Waals surface area (Å²) in [5, 5.41) is 3.17. The molecule has 3 rings (SSSR count). The quantitative estimate of drug-likeness (QED) is 0.852. The minimum atomic E-state index is -0.326. The molecule has 1 N–H and O–H groups in total. The summed E-state index contributed by atoms with van der Waals surface area (Å²) in [6.07, 6.45) is 0.806. The Morgan fingerprint density at radius 1 is 1.19 bits per heavy atom. The zero-order valence-corrected chi connectivity index (χ0v) is 16.0. The maximum Gasteiger partial charge on any atom is 0.254 e. The van der Waals surface area contributed by atoms with Crippen molar-refractivity contribution in [1.82, 2.24) is 4.90 Å². The predicted octanol–water partition coefficient (Wildman–Crippen LogP) is 3.38. The molecule has 0 saturated heterocycles. The van der Waals surface area contributed by atoms with Crippen LogP contribution in [0.1, 0.15) is 22.8 Å². The molecule has 2 amide bonds. The number of hydrogen-bond donors (Lipinski definition) is 1. The number of halogens is 1. The molecule has 0 saturated carbocycles. The van der Waals surface area contributed by atoms with E-state index in [1.165, 1.54) is 11.0 Å². The Morgan fingerprint density at radius 3 is 2.70 bits per heavy atom. The number of para-hydroxylation sites is 1. The Labute approximate surface area is 163 Å². The van der Waals surface area contributed by atoms with E-state index in [0.29, 0.717) is 35.3 Å². The summed E-state index contributed by atoms with van der Waals surface area (Å²) in [4.78, 5) is 26.4. The van der Waals surface area contributed by atoms with E-state index in [1.807, 2.05) is 31.2 Å². The van der Waals surface area contributed by atoms with Gasteiger partial charge in [0.15, 0.2) is 11.5 Å². The molecule has 27 heavy (non-hydrogen) atoms. The van der Waals surface area contributed by atoms with Gasteiger partial charge in [-0.3, -0.25) is 9.59 Å². The minimum absolute atomic E-state index is 0.0804. The Balaban J connectivity index is 1.69. The van der Waals surface area contributed by atoms with Crippen LogP contribution in [0.3, 0.4) is 0 Å². The molecule has 0 atom stereocenters. The van der Waals surface area contributed by atoms with Gasteiger partial charge < -0.3 is 19.7 Å². The predicted molar refractivity (Wildman–Crippen MR) is 104 cm³/mol. The molecule has 0 bridgehead atoms. The van der Waals surface area contributed by atoms with E-state index in [-0.39, 0.29) is 18.4 Å². The van der Waals surface area contributed by atoms with Gasteiger partial charge in [-0.05, 0) is 30.2 Å². The largest absolute Gasteiger partial charge is 0.486 e. The molecule has 2 aromatic rings. The molecule has 1 aliphatic heterocycles. The van der Waals surface area contributed by atoms with Crippen molar-refractivity contribution in [1.29, 1.82) is 0 Å². The van der Waals surface area contributed by atoms with E-state index < -0.39 is 0 Å². The van der Waals surface area contributed by atoms with Gasteiger partial charge in [0.05, 0.1) is 11.6 Å². The van der Waals surface area contributed by atoms with Gasteiger partial charge >= 0.3 is 0 Å². The summed E-state index contributed by atoms with van der Waals surface area (Å²) < 4.78 is 11.0. The molecule has 0 aliphatic carbocycles. The van der Waals surface area contributed by atoms with Crippen LogP contribution >= 0.6 is 11.6 Å². The van der Waals surface area contributed by atoms with Crippen LogP contribution in [0.15, 0.2) is 36.4 Å². The van der Waals surface area contributed by atoms with Crippen LogP contribution in [0.2, 0.25) is 5.02 Å². The van der Waals surface area contributed by atoms with Gasteiger partial charge in [0.25, 0.3) is 5.91 Å². The van der Waals surface area contributed by atoms with Crippen molar-refractivity contribution < 1.29 is 19.1 Å². The summed E-state index contributed by atoms with van der Waals surface area (Å²) >= 11 is 6.19. The zero-order chi connectivity index (χ0) is 19.4. The van der Waals surface area contributed by atoms with Gasteiger partial charge in [-0.25, -0.2) is 0 Å². The fourth-order valence-electron chi connectivity index (χ4n) is 2.88. The molecular weight excluding hydrogens is 368 g/mol. The molecule has 0 radical (unpaired) electrons. The second kappa shape index (κ2) is 8.31. The first-order valence-electron chi connectivity index (χ1n) is 8.72. The second-order valence-corrected chi connectivity index (χ2v) is 6.61. The van der Waals surface area contributed by atoms with Crippen LogP contribution in [0.25, 0.3) is 0 Å². The standard InChI is InChI=1S/C20H21ClN2O4/c1-3-13-6-4-5-7-16(13)22-18(24)12-23(2)20(25)14-10-15(21)19-17(11-14)26-8-9-27-19/h4-7,10-11H,3,8-9,12H2,1-2H3,(H,22,24). The number of carbonyl (C=O) groups is 2. The molecule has 0 fully saturated rings. The van der Waals surface area contributed by atoms with E-state index in [1.54, 1.807) is 13.1 Å². The fourth-order valence-corrected chi connectivity index (χ4v) is 3.15. The van der Waals surface area contributed by atoms with Gasteiger partial charge in [0, 0.05) is 18.3 Å². The number of benzene rings is 2. The molecule has 6 nitrogen and oxygen atoms in total. The lowest BCUT2D eigenvalue weighted by Gasteiger charge is -2.22. The monoisotopic (exact) mass is 388 g/mol. The summed E-state index contributed by atoms with van der Waals surface area (Å²) in [5.74, 6) is 0.283. The second-order valence-electron chi connectivity index (χ2n) is 6.20. The number of nitrogens with one attached hydrogen (secondary N) is 1. The summed E-state index contributed by atoms with van der Waals surface area (Å²) in [6.45, 7) is 2.75. The van der Waals surface area contributed by atoms with Crippen molar-refractivity contribution in [2.45, 2.75) is 13.3 Å². The first-order valence-corrected chi connectivity index (χ1v) is 9.09. The van der Waals surface area contributed by atoms with E-state index in [9.17, 15) is 9.59 Å². The van der Waals surface area contributed by atoms with E-state index in [2.05, 4.69) is 5.32 Å². The molecule has 0 spiro atoms. The lowest BCUT2D eigenvalue weighted by molar-refractivity contribution is -0.116. The van der Waals surface area contributed by atoms with Crippen molar-refractivity contribution in [3.05, 3.63) is 52.5 Å². The number of anilines is 1. The lowest BCUT2D eigenvalue weighted by Crippen LogP contribution is -2.35. The minimum Gasteiger partial charge on any atom is -0.486 e. The highest BCUT2D eigenvalue weighted by atomic mass is 35.5. The van der Waals surface area contributed by atoms with Crippen molar-refractivity contribution >= 4 is 29.1 Å². The normalized spacial score (nSPS) is 12.4. The summed E-state index contributed by atoms with van der Waals surface area (Å²) in [7, 11) is 1.57. The van der Waals surface area contributed by atoms with E-state index in [4.69, 9.17) is 21.1 Å². The van der Waals surface area contributed by atoms with Crippen LogP contribution in [-0.4, -0.2) is 43.5 Å². The van der Waals surface area contributed by atoms with Gasteiger partial charge in [-0.15, -0.1) is 0 Å². The molecule has 1 aliphatic rings. The van der Waals surface area contributed by atoms with Gasteiger partial charge in [-0.2, -0.15) is 0 Å². The number of fused-ring (bicyclic) bond motifs is 1. The number of ether oxygens (including phenoxy) is 2. The van der Waals surface area contributed by atoms with Gasteiger partial charge in [0.2, 0.25) is 5.91 Å². The highest BCUT2D eigenvalue weighted by molar-refractivity contribution is 6.32. The number of likely N-dealkylation sites (N-methyl/N-ethyl adjacent to an activating group) is 1. The number of carbonyl (C=O) groups excluding carboxylic acids is 2. The Bertz CT molecular complexity index is 869. The fraction of sp³-hybridized carbons (Fsp3) is 0.300. The highest BCUT2D eigenvalue weighted by Gasteiger charge is 2.22. The lowest BCUT2D eigenvalue weighted by atomic mass is 10.1. The molecule has 0 aromatic heterocycles. The number of rotatable bonds is 5. The molecule has 0 unspecified atom stereocenters. The maximum atomic E-state index is 12.7. The Kier molecular flexibility index (Phi) is 5.86. The third-order valence-electron chi connectivity index (χ3n) is 4.24. The Hall–Kier alpha value is -2.73. The maximum absolute atomic E-state index is 12.7. The van der Waals surface area contributed by atoms with Crippen LogP contribution in [0, 0.1) is 0 Å². The molecule has 1 heterocycles. The Morgan fingerprint density at radius 2 is 1.93 bits per heavy atom. The van der Waals surface area contributed by atoms with Crippen LogP contribution in [0.4, 0.5) is 5.69 Å². The van der Waals surface area contributed by atoms with Crippen molar-refractivity contribution in [2.75, 3.05) is 32.1 Å². The van der Waals surface area contributed by atoms with Crippen molar-refractivity contribution in [3.63, 3.8) is 0 Å². The van der Waals surface area contributed by atoms with E-state index in [0.717, 1.165) is 17.7 Å². The number of hydrogen-bond acceptors (Lipinski definition) is 4. The van der Waals surface area contributed by atoms with Crippen LogP contribution in [0.5, 0.6) is 11.5 Å². The average Bonchev–Trinajstić information content (AvgIpc) is 2.67. The van der Waals surface area contributed by atoms with Crippen molar-refractivity contribution in [2.24, 2.45) is 0 Å². The summed E-state index contributed by atoms with van der Waals surface area (Å²) in [6, 6.07) is 10.7. The first-order chi connectivity index (χ1) is 13.0. The summed E-state index contributed by atoms with van der Waals surface area (Å²) in [5.41, 5.74) is 2.14. The number of amides is 2. The molecule has 142 valence electrons. The van der Waals surface area contributed by atoms with Crippen LogP contribution in [-0.2, 0) is 11.2 Å². The third-order valence-corrected chi connectivity index (χ3v) is 4.52. The average molecular weight is 389 g/mol. The molecule has 7 heteroatoms. The number of aryl methyl sites for hydroxylation is 1. The van der Waals surface area contributed by atoms with Gasteiger partial charge in [0.1, 0.15) is 13.2 Å². The topological polar surface area (TPSA) is 67.9 Å². The first kappa shape index (κ1) is 19.0. The van der Waals surface area contributed by atoms with Gasteiger partial charge in [-0.1, -0.05) is 36.7 Å². The SMILES string of the molecule is CCc1ccccc1NC(=O)CN(C)C(=O)c1cc(Cl)c2c(c1)OCCO2. The molecule has 2 aromatic carbocycles. The molecular formula is C20H21ClN2O4. The van der Waals surface area contributed by atoms with E-state index >= 15 is 0 Å². The third kappa shape index (κ3) is 4.34. The smallest absolute Gasteiger partial charge is 0.254 e.